The van der Waals surface area contributed by atoms with Crippen molar-refractivity contribution in [1.29, 1.82) is 0 Å². The van der Waals surface area contributed by atoms with Crippen LogP contribution in [0.15, 0.2) is 18.2 Å². The second-order valence-electron chi connectivity index (χ2n) is 4.45. The van der Waals surface area contributed by atoms with Crippen LogP contribution < -0.4 is 0 Å². The Balaban J connectivity index is 2.15. The first-order chi connectivity index (χ1) is 7.74. The van der Waals surface area contributed by atoms with Gasteiger partial charge in [0, 0.05) is 22.7 Å². The molecule has 3 heteroatoms. The molecule has 84 valence electrons. The number of rotatable bonds is 0. The smallest absolute Gasteiger partial charge is 0.124 e. The van der Waals surface area contributed by atoms with E-state index < -0.39 is 0 Å². The summed E-state index contributed by atoms with van der Waals surface area (Å²) in [6, 6.07) is 5.17. The zero-order chi connectivity index (χ0) is 11.1. The van der Waals surface area contributed by atoms with E-state index in [0.29, 0.717) is 0 Å². The Bertz CT molecular complexity index is 532. The number of hydrogen-bond donors (Lipinski definition) is 0. The topological polar surface area (TPSA) is 3.24 Å². The first-order valence-electron chi connectivity index (χ1n) is 5.62. The zero-order valence-corrected chi connectivity index (χ0v) is 10.1. The lowest BCUT2D eigenvalue weighted by molar-refractivity contribution is 0.353. The van der Waals surface area contributed by atoms with Crippen molar-refractivity contribution in [2.75, 3.05) is 20.1 Å². The molecule has 0 fully saturated rings. The summed E-state index contributed by atoms with van der Waals surface area (Å²) in [5, 5.41) is 1.26. The van der Waals surface area contributed by atoms with Crippen LogP contribution in [0, 0.1) is 5.82 Å². The number of nitrogens with zero attached hydrogens (tertiary/aromatic N) is 1. The molecule has 1 aliphatic rings. The van der Waals surface area contributed by atoms with E-state index in [2.05, 4.69) is 11.9 Å². The van der Waals surface area contributed by atoms with Gasteiger partial charge in [-0.25, -0.2) is 4.39 Å². The van der Waals surface area contributed by atoms with Gasteiger partial charge in [-0.2, -0.15) is 0 Å². The van der Waals surface area contributed by atoms with Gasteiger partial charge in [0.2, 0.25) is 0 Å². The molecule has 0 atom stereocenters. The van der Waals surface area contributed by atoms with Crippen molar-refractivity contribution in [3.63, 3.8) is 0 Å². The summed E-state index contributed by atoms with van der Waals surface area (Å²) in [6.45, 7) is 2.22. The first kappa shape index (κ1) is 10.2. The van der Waals surface area contributed by atoms with E-state index in [4.69, 9.17) is 0 Å². The summed E-state index contributed by atoms with van der Waals surface area (Å²) in [4.78, 5) is 3.81. The van der Waals surface area contributed by atoms with Gasteiger partial charge in [-0.1, -0.05) is 6.07 Å². The highest BCUT2D eigenvalue weighted by molar-refractivity contribution is 7.19. The van der Waals surface area contributed by atoms with Gasteiger partial charge >= 0.3 is 0 Å². The largest absolute Gasteiger partial charge is 0.306 e. The molecule has 0 saturated heterocycles. The zero-order valence-electron chi connectivity index (χ0n) is 9.29. The van der Waals surface area contributed by atoms with Crippen LogP contribution in [-0.2, 0) is 12.8 Å². The SMILES string of the molecule is CN1CCc2sc3cc(F)ccc3c2CC1. The van der Waals surface area contributed by atoms with Gasteiger partial charge in [0.05, 0.1) is 0 Å². The highest BCUT2D eigenvalue weighted by Gasteiger charge is 2.16. The summed E-state index contributed by atoms with van der Waals surface area (Å²) in [6.07, 6.45) is 2.20. The fraction of sp³-hybridized carbons (Fsp3) is 0.385. The van der Waals surface area contributed by atoms with Crippen molar-refractivity contribution < 1.29 is 4.39 Å². The Hall–Kier alpha value is -0.930. The lowest BCUT2D eigenvalue weighted by Gasteiger charge is -2.11. The van der Waals surface area contributed by atoms with Crippen LogP contribution in [0.2, 0.25) is 0 Å². The summed E-state index contributed by atoms with van der Waals surface area (Å²) >= 11 is 1.76. The molecule has 0 aliphatic carbocycles. The summed E-state index contributed by atoms with van der Waals surface area (Å²) in [5.41, 5.74) is 1.45. The predicted molar refractivity (Wildman–Crippen MR) is 66.7 cm³/mol. The van der Waals surface area contributed by atoms with Gasteiger partial charge in [0.1, 0.15) is 5.82 Å². The van der Waals surface area contributed by atoms with Crippen molar-refractivity contribution in [2.45, 2.75) is 12.8 Å². The Morgan fingerprint density at radius 2 is 2.06 bits per heavy atom. The van der Waals surface area contributed by atoms with Crippen molar-refractivity contribution >= 4 is 21.4 Å². The Morgan fingerprint density at radius 1 is 1.25 bits per heavy atom. The monoisotopic (exact) mass is 235 g/mol. The Morgan fingerprint density at radius 3 is 2.94 bits per heavy atom. The average Bonchev–Trinajstić information content (AvgIpc) is 2.50. The molecule has 1 nitrogen and oxygen atoms in total. The van der Waals surface area contributed by atoms with Crippen LogP contribution in [0.25, 0.3) is 10.1 Å². The van der Waals surface area contributed by atoms with E-state index in [1.165, 1.54) is 15.8 Å². The average molecular weight is 235 g/mol. The summed E-state index contributed by atoms with van der Waals surface area (Å²) in [7, 11) is 2.17. The van der Waals surface area contributed by atoms with Crippen molar-refractivity contribution in [3.8, 4) is 0 Å². The molecule has 0 N–H and O–H groups in total. The van der Waals surface area contributed by atoms with E-state index in [1.54, 1.807) is 23.5 Å². The maximum Gasteiger partial charge on any atom is 0.124 e. The lowest BCUT2D eigenvalue weighted by Crippen LogP contribution is -2.20. The number of benzene rings is 1. The predicted octanol–water partition coefficient (Wildman–Crippen LogP) is 3.07. The third-order valence-electron chi connectivity index (χ3n) is 3.30. The number of halogens is 1. The van der Waals surface area contributed by atoms with Crippen LogP contribution in [0.3, 0.4) is 0 Å². The van der Waals surface area contributed by atoms with Crippen LogP contribution >= 0.6 is 11.3 Å². The molecule has 2 heterocycles. The van der Waals surface area contributed by atoms with E-state index in [1.807, 2.05) is 6.07 Å². The van der Waals surface area contributed by atoms with Crippen molar-refractivity contribution in [2.24, 2.45) is 0 Å². The lowest BCUT2D eigenvalue weighted by atomic mass is 10.1. The molecule has 1 aromatic heterocycles. The second-order valence-corrected chi connectivity index (χ2v) is 5.58. The number of likely N-dealkylation sites (N-methyl/N-ethyl adjacent to an activating group) is 1. The van der Waals surface area contributed by atoms with E-state index >= 15 is 0 Å². The van der Waals surface area contributed by atoms with Crippen molar-refractivity contribution in [3.05, 3.63) is 34.5 Å². The molecule has 16 heavy (non-hydrogen) atoms. The molecule has 2 aromatic rings. The highest BCUT2D eigenvalue weighted by atomic mass is 32.1. The molecule has 0 amide bonds. The van der Waals surface area contributed by atoms with Crippen LogP contribution in [0.5, 0.6) is 0 Å². The summed E-state index contributed by atoms with van der Waals surface area (Å²) < 4.78 is 14.2. The second kappa shape index (κ2) is 3.82. The molecule has 0 saturated carbocycles. The van der Waals surface area contributed by atoms with E-state index in [0.717, 1.165) is 30.6 Å². The quantitative estimate of drug-likeness (QED) is 0.678. The highest BCUT2D eigenvalue weighted by Crippen LogP contribution is 2.33. The standard InChI is InChI=1S/C13H14FNS/c1-15-6-4-11-10-3-2-9(14)8-13(10)16-12(11)5-7-15/h2-3,8H,4-7H2,1H3. The number of fused-ring (bicyclic) bond motifs is 3. The fourth-order valence-corrected chi connectivity index (χ4v) is 3.62. The number of thiophene rings is 1. The normalized spacial score (nSPS) is 17.4. The fourth-order valence-electron chi connectivity index (χ4n) is 2.36. The van der Waals surface area contributed by atoms with Gasteiger partial charge in [-0.3, -0.25) is 0 Å². The van der Waals surface area contributed by atoms with Crippen LogP contribution in [0.4, 0.5) is 4.39 Å². The maximum atomic E-state index is 13.1. The van der Waals surface area contributed by atoms with Gasteiger partial charge in [0.25, 0.3) is 0 Å². The van der Waals surface area contributed by atoms with Crippen LogP contribution in [0.1, 0.15) is 10.4 Å². The Labute approximate surface area is 98.5 Å². The van der Waals surface area contributed by atoms with E-state index in [9.17, 15) is 4.39 Å². The maximum absolute atomic E-state index is 13.1. The molecule has 0 spiro atoms. The molecule has 1 aromatic carbocycles. The number of hydrogen-bond acceptors (Lipinski definition) is 2. The van der Waals surface area contributed by atoms with Gasteiger partial charge < -0.3 is 4.90 Å². The minimum absolute atomic E-state index is 0.124. The minimum Gasteiger partial charge on any atom is -0.306 e. The van der Waals surface area contributed by atoms with Gasteiger partial charge in [-0.15, -0.1) is 11.3 Å². The van der Waals surface area contributed by atoms with Gasteiger partial charge in [-0.05, 0) is 43.0 Å². The Kier molecular flexibility index (Phi) is 2.45. The first-order valence-corrected chi connectivity index (χ1v) is 6.44. The molecular formula is C13H14FNS. The molecular weight excluding hydrogens is 221 g/mol. The minimum atomic E-state index is -0.124. The molecule has 0 bridgehead atoms. The van der Waals surface area contributed by atoms with Crippen molar-refractivity contribution in [1.82, 2.24) is 4.90 Å². The van der Waals surface area contributed by atoms with E-state index in [-0.39, 0.29) is 5.82 Å². The molecule has 3 rings (SSSR count). The molecule has 0 radical (unpaired) electrons. The van der Waals surface area contributed by atoms with Crippen LogP contribution in [-0.4, -0.2) is 25.0 Å². The molecule has 0 unspecified atom stereocenters. The third-order valence-corrected chi connectivity index (χ3v) is 4.56. The molecule has 1 aliphatic heterocycles. The third kappa shape index (κ3) is 1.64. The summed E-state index contributed by atoms with van der Waals surface area (Å²) in [5.74, 6) is -0.124. The van der Waals surface area contributed by atoms with Gasteiger partial charge in [0.15, 0.2) is 0 Å².